The van der Waals surface area contributed by atoms with Gasteiger partial charge in [-0.3, -0.25) is 0 Å². The standard InChI is InChI=1S/C12H13N3O4/c1-7(18-12(13)16)11-14-10(15-19-11)8-4-3-5-9(6-8)17-2/h3-7H,1-2H3,(H2,13,16). The van der Waals surface area contributed by atoms with Crippen molar-refractivity contribution in [3.8, 4) is 17.1 Å². The van der Waals surface area contributed by atoms with E-state index in [4.69, 9.17) is 19.7 Å². The van der Waals surface area contributed by atoms with Crippen molar-refractivity contribution in [2.45, 2.75) is 13.0 Å². The summed E-state index contributed by atoms with van der Waals surface area (Å²) in [5.74, 6) is 1.25. The second-order valence-corrected chi connectivity index (χ2v) is 3.77. The average molecular weight is 263 g/mol. The van der Waals surface area contributed by atoms with E-state index < -0.39 is 12.2 Å². The summed E-state index contributed by atoms with van der Waals surface area (Å²) >= 11 is 0. The fourth-order valence-electron chi connectivity index (χ4n) is 1.50. The maximum absolute atomic E-state index is 10.6. The number of primary amides is 1. The molecule has 100 valence electrons. The molecule has 0 radical (unpaired) electrons. The Balaban J connectivity index is 2.22. The topological polar surface area (TPSA) is 100 Å². The van der Waals surface area contributed by atoms with Gasteiger partial charge in [0.25, 0.3) is 5.89 Å². The molecular formula is C12H13N3O4. The summed E-state index contributed by atoms with van der Waals surface area (Å²) in [6.45, 7) is 1.59. The highest BCUT2D eigenvalue weighted by atomic mass is 16.6. The lowest BCUT2D eigenvalue weighted by molar-refractivity contribution is 0.0959. The predicted molar refractivity (Wildman–Crippen MR) is 65.4 cm³/mol. The number of amides is 1. The highest BCUT2D eigenvalue weighted by Gasteiger charge is 2.18. The first-order valence-electron chi connectivity index (χ1n) is 5.54. The van der Waals surface area contributed by atoms with Crippen LogP contribution in [0, 0.1) is 0 Å². The van der Waals surface area contributed by atoms with Crippen LogP contribution in [0.3, 0.4) is 0 Å². The van der Waals surface area contributed by atoms with Gasteiger partial charge in [-0.05, 0) is 19.1 Å². The van der Waals surface area contributed by atoms with Gasteiger partial charge < -0.3 is 19.7 Å². The zero-order valence-corrected chi connectivity index (χ0v) is 10.5. The Morgan fingerprint density at radius 2 is 2.26 bits per heavy atom. The van der Waals surface area contributed by atoms with Crippen molar-refractivity contribution >= 4 is 6.09 Å². The highest BCUT2D eigenvalue weighted by molar-refractivity contribution is 5.64. The van der Waals surface area contributed by atoms with Gasteiger partial charge in [0, 0.05) is 5.56 Å². The summed E-state index contributed by atoms with van der Waals surface area (Å²) in [5.41, 5.74) is 5.66. The van der Waals surface area contributed by atoms with Crippen molar-refractivity contribution in [2.24, 2.45) is 5.73 Å². The lowest BCUT2D eigenvalue weighted by Gasteiger charge is -2.04. The number of carbonyl (C=O) groups is 1. The minimum Gasteiger partial charge on any atom is -0.497 e. The molecule has 1 unspecified atom stereocenters. The monoisotopic (exact) mass is 263 g/mol. The first-order chi connectivity index (χ1) is 9.10. The summed E-state index contributed by atoms with van der Waals surface area (Å²) in [4.78, 5) is 14.8. The van der Waals surface area contributed by atoms with E-state index in [0.717, 1.165) is 5.56 Å². The fraction of sp³-hybridized carbons (Fsp3) is 0.250. The third-order valence-electron chi connectivity index (χ3n) is 2.41. The van der Waals surface area contributed by atoms with Crippen molar-refractivity contribution in [1.82, 2.24) is 10.1 Å². The van der Waals surface area contributed by atoms with E-state index in [1.54, 1.807) is 20.1 Å². The van der Waals surface area contributed by atoms with Gasteiger partial charge in [0.05, 0.1) is 7.11 Å². The molecule has 1 aromatic carbocycles. The van der Waals surface area contributed by atoms with E-state index in [2.05, 4.69) is 10.1 Å². The van der Waals surface area contributed by atoms with Crippen molar-refractivity contribution in [2.75, 3.05) is 7.11 Å². The number of nitrogens with zero attached hydrogens (tertiary/aromatic N) is 2. The van der Waals surface area contributed by atoms with Gasteiger partial charge >= 0.3 is 6.09 Å². The Hall–Kier alpha value is -2.57. The minimum absolute atomic E-state index is 0.177. The Kier molecular flexibility index (Phi) is 3.65. The van der Waals surface area contributed by atoms with Gasteiger partial charge in [-0.25, -0.2) is 4.79 Å². The Bertz CT molecular complexity index is 582. The molecule has 0 aliphatic rings. The van der Waals surface area contributed by atoms with Crippen LogP contribution >= 0.6 is 0 Å². The predicted octanol–water partition coefficient (Wildman–Crippen LogP) is 1.90. The molecule has 2 rings (SSSR count). The lowest BCUT2D eigenvalue weighted by Crippen LogP contribution is -2.15. The zero-order chi connectivity index (χ0) is 13.8. The number of hydrogen-bond acceptors (Lipinski definition) is 6. The number of ether oxygens (including phenoxy) is 2. The fourth-order valence-corrected chi connectivity index (χ4v) is 1.50. The van der Waals surface area contributed by atoms with Crippen LogP contribution in [0.2, 0.25) is 0 Å². The smallest absolute Gasteiger partial charge is 0.405 e. The lowest BCUT2D eigenvalue weighted by atomic mass is 10.2. The van der Waals surface area contributed by atoms with Gasteiger partial charge in [0.15, 0.2) is 6.10 Å². The molecule has 2 aromatic rings. The molecule has 1 atom stereocenters. The van der Waals surface area contributed by atoms with Crippen LogP contribution in [-0.2, 0) is 4.74 Å². The Morgan fingerprint density at radius 3 is 2.95 bits per heavy atom. The van der Waals surface area contributed by atoms with Crippen LogP contribution in [-0.4, -0.2) is 23.3 Å². The highest BCUT2D eigenvalue weighted by Crippen LogP contribution is 2.23. The van der Waals surface area contributed by atoms with Crippen LogP contribution in [0.15, 0.2) is 28.8 Å². The molecule has 0 fully saturated rings. The van der Waals surface area contributed by atoms with Crippen molar-refractivity contribution < 1.29 is 18.8 Å². The van der Waals surface area contributed by atoms with E-state index >= 15 is 0 Å². The molecule has 0 aliphatic heterocycles. The second kappa shape index (κ2) is 5.38. The SMILES string of the molecule is COc1cccc(-c2noc(C(C)OC(N)=O)n2)c1. The van der Waals surface area contributed by atoms with Crippen LogP contribution in [0.1, 0.15) is 18.9 Å². The number of nitrogens with two attached hydrogens (primary N) is 1. The van der Waals surface area contributed by atoms with Gasteiger partial charge in [-0.2, -0.15) is 4.98 Å². The molecule has 0 saturated heterocycles. The first-order valence-corrected chi connectivity index (χ1v) is 5.54. The van der Waals surface area contributed by atoms with E-state index in [1.807, 2.05) is 18.2 Å². The third-order valence-corrected chi connectivity index (χ3v) is 2.41. The maximum Gasteiger partial charge on any atom is 0.405 e. The molecule has 7 nitrogen and oxygen atoms in total. The second-order valence-electron chi connectivity index (χ2n) is 3.77. The molecule has 1 amide bonds. The summed E-state index contributed by atoms with van der Waals surface area (Å²) < 4.78 is 14.9. The van der Waals surface area contributed by atoms with Gasteiger partial charge in [0.1, 0.15) is 5.75 Å². The normalized spacial score (nSPS) is 11.9. The van der Waals surface area contributed by atoms with Crippen molar-refractivity contribution in [3.05, 3.63) is 30.2 Å². The zero-order valence-electron chi connectivity index (χ0n) is 10.5. The summed E-state index contributed by atoms with van der Waals surface area (Å²) in [7, 11) is 1.57. The largest absolute Gasteiger partial charge is 0.497 e. The number of hydrogen-bond donors (Lipinski definition) is 1. The summed E-state index contributed by atoms with van der Waals surface area (Å²) in [6.07, 6.45) is -1.59. The Labute approximate surface area is 109 Å². The molecule has 19 heavy (non-hydrogen) atoms. The first kappa shape index (κ1) is 12.9. The van der Waals surface area contributed by atoms with Gasteiger partial charge in [0.2, 0.25) is 5.82 Å². The molecule has 0 aliphatic carbocycles. The van der Waals surface area contributed by atoms with E-state index in [9.17, 15) is 4.79 Å². The minimum atomic E-state index is -0.895. The van der Waals surface area contributed by atoms with Crippen LogP contribution < -0.4 is 10.5 Å². The number of methoxy groups -OCH3 is 1. The van der Waals surface area contributed by atoms with Crippen LogP contribution in [0.25, 0.3) is 11.4 Å². The maximum atomic E-state index is 10.6. The van der Waals surface area contributed by atoms with Crippen molar-refractivity contribution in [1.29, 1.82) is 0 Å². The van der Waals surface area contributed by atoms with Crippen molar-refractivity contribution in [3.63, 3.8) is 0 Å². The number of carbonyl (C=O) groups excluding carboxylic acids is 1. The van der Waals surface area contributed by atoms with E-state index in [0.29, 0.717) is 11.6 Å². The molecule has 1 heterocycles. The quantitative estimate of drug-likeness (QED) is 0.904. The van der Waals surface area contributed by atoms with Gasteiger partial charge in [-0.15, -0.1) is 0 Å². The van der Waals surface area contributed by atoms with Gasteiger partial charge in [-0.1, -0.05) is 17.3 Å². The molecular weight excluding hydrogens is 250 g/mol. The molecule has 7 heteroatoms. The number of aromatic nitrogens is 2. The summed E-state index contributed by atoms with van der Waals surface area (Å²) in [5, 5.41) is 3.82. The average Bonchev–Trinajstić information content (AvgIpc) is 2.88. The number of benzene rings is 1. The molecule has 0 saturated carbocycles. The number of rotatable bonds is 4. The molecule has 1 aromatic heterocycles. The molecule has 0 spiro atoms. The third kappa shape index (κ3) is 3.01. The van der Waals surface area contributed by atoms with Crippen LogP contribution in [0.5, 0.6) is 5.75 Å². The Morgan fingerprint density at radius 1 is 1.47 bits per heavy atom. The van der Waals surface area contributed by atoms with E-state index in [-0.39, 0.29) is 5.89 Å². The van der Waals surface area contributed by atoms with Crippen LogP contribution in [0.4, 0.5) is 4.79 Å². The molecule has 0 bridgehead atoms. The summed E-state index contributed by atoms with van der Waals surface area (Å²) in [6, 6.07) is 7.21. The van der Waals surface area contributed by atoms with E-state index in [1.165, 1.54) is 0 Å². The molecule has 2 N–H and O–H groups in total.